The second-order valence-corrected chi connectivity index (χ2v) is 5.11. The van der Waals surface area contributed by atoms with E-state index in [1.54, 1.807) is 0 Å². The number of ether oxygens (including phenoxy) is 1. The van der Waals surface area contributed by atoms with Crippen molar-refractivity contribution in [3.63, 3.8) is 0 Å². The lowest BCUT2D eigenvalue weighted by Crippen LogP contribution is -2.36. The van der Waals surface area contributed by atoms with Gasteiger partial charge in [-0.05, 0) is 49.8 Å². The zero-order valence-corrected chi connectivity index (χ0v) is 11.1. The van der Waals surface area contributed by atoms with Gasteiger partial charge in [-0.2, -0.15) is 0 Å². The minimum Gasteiger partial charge on any atom is -0.380 e. The molecule has 0 aromatic heterocycles. The van der Waals surface area contributed by atoms with Crippen LogP contribution in [-0.4, -0.2) is 19.3 Å². The van der Waals surface area contributed by atoms with Crippen molar-refractivity contribution in [3.05, 3.63) is 34.9 Å². The third-order valence-electron chi connectivity index (χ3n) is 3.89. The first-order chi connectivity index (χ1) is 8.20. The molecule has 1 N–H and O–H groups in total. The van der Waals surface area contributed by atoms with Gasteiger partial charge in [-0.15, -0.1) is 0 Å². The van der Waals surface area contributed by atoms with Crippen LogP contribution in [0.15, 0.2) is 18.2 Å². The molecule has 0 heterocycles. The Hall–Kier alpha value is -0.860. The van der Waals surface area contributed by atoms with Crippen LogP contribution in [0.2, 0.25) is 0 Å². The molecule has 2 unspecified atom stereocenters. The van der Waals surface area contributed by atoms with Gasteiger partial charge in [0.1, 0.15) is 0 Å². The van der Waals surface area contributed by atoms with Crippen molar-refractivity contribution in [3.8, 4) is 0 Å². The molecular formula is C15H23NO. The SMILES string of the molecule is COC1CCCC1NCc1ccc(C)c(C)c1. The fourth-order valence-electron chi connectivity index (χ4n) is 2.60. The highest BCUT2D eigenvalue weighted by Gasteiger charge is 2.26. The number of aryl methyl sites for hydroxylation is 2. The van der Waals surface area contributed by atoms with Crippen LogP contribution >= 0.6 is 0 Å². The van der Waals surface area contributed by atoms with Gasteiger partial charge in [0.15, 0.2) is 0 Å². The van der Waals surface area contributed by atoms with Crippen molar-refractivity contribution in [2.75, 3.05) is 7.11 Å². The summed E-state index contributed by atoms with van der Waals surface area (Å²) >= 11 is 0. The molecule has 1 aliphatic carbocycles. The van der Waals surface area contributed by atoms with Crippen LogP contribution in [0.5, 0.6) is 0 Å². The van der Waals surface area contributed by atoms with Crippen molar-refractivity contribution in [1.82, 2.24) is 5.32 Å². The highest BCUT2D eigenvalue weighted by Crippen LogP contribution is 2.22. The zero-order chi connectivity index (χ0) is 12.3. The van der Waals surface area contributed by atoms with Crippen LogP contribution in [0.4, 0.5) is 0 Å². The van der Waals surface area contributed by atoms with Crippen molar-refractivity contribution in [2.45, 2.75) is 51.8 Å². The van der Waals surface area contributed by atoms with E-state index in [9.17, 15) is 0 Å². The third kappa shape index (κ3) is 3.08. The fourth-order valence-corrected chi connectivity index (χ4v) is 2.60. The van der Waals surface area contributed by atoms with Crippen molar-refractivity contribution in [2.24, 2.45) is 0 Å². The molecule has 2 rings (SSSR count). The van der Waals surface area contributed by atoms with E-state index in [1.165, 1.54) is 36.0 Å². The van der Waals surface area contributed by atoms with Crippen LogP contribution < -0.4 is 5.32 Å². The average Bonchev–Trinajstić information content (AvgIpc) is 2.78. The molecule has 0 spiro atoms. The lowest BCUT2D eigenvalue weighted by atomic mass is 10.1. The van der Waals surface area contributed by atoms with E-state index < -0.39 is 0 Å². The maximum atomic E-state index is 5.49. The summed E-state index contributed by atoms with van der Waals surface area (Å²) in [5.74, 6) is 0. The molecule has 1 fully saturated rings. The van der Waals surface area contributed by atoms with Crippen molar-refractivity contribution in [1.29, 1.82) is 0 Å². The number of methoxy groups -OCH3 is 1. The van der Waals surface area contributed by atoms with Gasteiger partial charge in [0, 0.05) is 19.7 Å². The number of hydrogen-bond acceptors (Lipinski definition) is 2. The molecule has 94 valence electrons. The molecule has 0 saturated heterocycles. The summed E-state index contributed by atoms with van der Waals surface area (Å²) in [6, 6.07) is 7.22. The standard InChI is InChI=1S/C15H23NO/c1-11-7-8-13(9-12(11)2)10-16-14-5-4-6-15(14)17-3/h7-9,14-16H,4-6,10H2,1-3H3. The van der Waals surface area contributed by atoms with Gasteiger partial charge in [-0.3, -0.25) is 0 Å². The largest absolute Gasteiger partial charge is 0.380 e. The summed E-state index contributed by atoms with van der Waals surface area (Å²) < 4.78 is 5.49. The zero-order valence-electron chi connectivity index (χ0n) is 11.1. The van der Waals surface area contributed by atoms with Crippen LogP contribution in [0.1, 0.15) is 36.0 Å². The Bertz CT molecular complexity index is 375. The van der Waals surface area contributed by atoms with Crippen LogP contribution in [0.3, 0.4) is 0 Å². The molecule has 1 saturated carbocycles. The Balaban J connectivity index is 1.91. The van der Waals surface area contributed by atoms with Gasteiger partial charge in [0.2, 0.25) is 0 Å². The Morgan fingerprint density at radius 1 is 1.24 bits per heavy atom. The predicted octanol–water partition coefficient (Wildman–Crippen LogP) is 2.96. The molecule has 2 atom stereocenters. The van der Waals surface area contributed by atoms with Crippen LogP contribution in [-0.2, 0) is 11.3 Å². The van der Waals surface area contributed by atoms with E-state index in [2.05, 4.69) is 37.4 Å². The lowest BCUT2D eigenvalue weighted by Gasteiger charge is -2.19. The third-order valence-corrected chi connectivity index (χ3v) is 3.89. The lowest BCUT2D eigenvalue weighted by molar-refractivity contribution is 0.0847. The Labute approximate surface area is 104 Å². The van der Waals surface area contributed by atoms with E-state index >= 15 is 0 Å². The van der Waals surface area contributed by atoms with Gasteiger partial charge in [-0.1, -0.05) is 18.2 Å². The van der Waals surface area contributed by atoms with E-state index in [1.807, 2.05) is 7.11 Å². The van der Waals surface area contributed by atoms with Gasteiger partial charge < -0.3 is 10.1 Å². The summed E-state index contributed by atoms with van der Waals surface area (Å²) in [6.07, 6.45) is 4.12. The Morgan fingerprint density at radius 3 is 2.76 bits per heavy atom. The van der Waals surface area contributed by atoms with Gasteiger partial charge in [-0.25, -0.2) is 0 Å². The topological polar surface area (TPSA) is 21.3 Å². The van der Waals surface area contributed by atoms with Crippen LogP contribution in [0, 0.1) is 13.8 Å². The molecule has 17 heavy (non-hydrogen) atoms. The van der Waals surface area contributed by atoms with E-state index in [0.717, 1.165) is 6.54 Å². The fraction of sp³-hybridized carbons (Fsp3) is 0.600. The minimum absolute atomic E-state index is 0.404. The monoisotopic (exact) mass is 233 g/mol. The summed E-state index contributed by atoms with van der Waals surface area (Å²) in [5, 5.41) is 3.62. The van der Waals surface area contributed by atoms with E-state index in [0.29, 0.717) is 12.1 Å². The highest BCUT2D eigenvalue weighted by atomic mass is 16.5. The summed E-state index contributed by atoms with van der Waals surface area (Å²) in [7, 11) is 1.82. The normalized spacial score (nSPS) is 24.2. The molecule has 0 aliphatic heterocycles. The smallest absolute Gasteiger partial charge is 0.0724 e. The molecule has 0 bridgehead atoms. The highest BCUT2D eigenvalue weighted by molar-refractivity contribution is 5.29. The maximum absolute atomic E-state index is 5.49. The molecule has 2 heteroatoms. The van der Waals surface area contributed by atoms with Crippen molar-refractivity contribution >= 4 is 0 Å². The maximum Gasteiger partial charge on any atom is 0.0724 e. The second kappa shape index (κ2) is 5.65. The number of rotatable bonds is 4. The Kier molecular flexibility index (Phi) is 4.19. The summed E-state index contributed by atoms with van der Waals surface area (Å²) in [4.78, 5) is 0. The molecule has 0 radical (unpaired) electrons. The first-order valence-corrected chi connectivity index (χ1v) is 6.53. The first-order valence-electron chi connectivity index (χ1n) is 6.53. The summed E-state index contributed by atoms with van der Waals surface area (Å²) in [6.45, 7) is 5.28. The molecule has 1 aliphatic rings. The minimum atomic E-state index is 0.404. The number of benzene rings is 1. The summed E-state index contributed by atoms with van der Waals surface area (Å²) in [5.41, 5.74) is 4.11. The quantitative estimate of drug-likeness (QED) is 0.863. The first kappa shape index (κ1) is 12.6. The number of nitrogens with one attached hydrogen (secondary N) is 1. The molecule has 0 amide bonds. The van der Waals surface area contributed by atoms with Crippen molar-refractivity contribution < 1.29 is 4.74 Å². The molecule has 2 nitrogen and oxygen atoms in total. The van der Waals surface area contributed by atoms with E-state index in [-0.39, 0.29) is 0 Å². The van der Waals surface area contributed by atoms with Gasteiger partial charge >= 0.3 is 0 Å². The average molecular weight is 233 g/mol. The predicted molar refractivity (Wildman–Crippen MR) is 71.2 cm³/mol. The van der Waals surface area contributed by atoms with Gasteiger partial charge in [0.05, 0.1) is 6.10 Å². The molecular weight excluding hydrogens is 210 g/mol. The Morgan fingerprint density at radius 2 is 2.06 bits per heavy atom. The van der Waals surface area contributed by atoms with Gasteiger partial charge in [0.25, 0.3) is 0 Å². The van der Waals surface area contributed by atoms with E-state index in [4.69, 9.17) is 4.74 Å². The molecule has 1 aromatic carbocycles. The van der Waals surface area contributed by atoms with Crippen LogP contribution in [0.25, 0.3) is 0 Å². The number of hydrogen-bond donors (Lipinski definition) is 1. The second-order valence-electron chi connectivity index (χ2n) is 5.11. The molecule has 1 aromatic rings.